The van der Waals surface area contributed by atoms with Gasteiger partial charge in [0.25, 0.3) is 0 Å². The largest absolute Gasteiger partial charge is 0.491 e. The molecule has 1 aromatic rings. The van der Waals surface area contributed by atoms with E-state index in [0.717, 1.165) is 37.2 Å². The number of benzene rings is 1. The van der Waals surface area contributed by atoms with Crippen molar-refractivity contribution < 1.29 is 9.31 Å². The lowest BCUT2D eigenvalue weighted by atomic mass is 9.78. The molecule has 0 spiro atoms. The summed E-state index contributed by atoms with van der Waals surface area (Å²) in [4.78, 5) is 2.41. The molecule has 0 bridgehead atoms. The number of piperazine rings is 1. The van der Waals surface area contributed by atoms with E-state index in [0.29, 0.717) is 5.75 Å². The lowest BCUT2D eigenvalue weighted by Crippen LogP contribution is -2.43. The van der Waals surface area contributed by atoms with Crippen molar-refractivity contribution in [2.24, 2.45) is 0 Å². The lowest BCUT2D eigenvalue weighted by Gasteiger charge is -2.32. The zero-order valence-corrected chi connectivity index (χ0v) is 16.6. The fraction of sp³-hybridized carbons (Fsp3) is 0.579. The van der Waals surface area contributed by atoms with Gasteiger partial charge in [-0.1, -0.05) is 18.2 Å². The lowest BCUT2D eigenvalue weighted by molar-refractivity contribution is 0.00578. The molecular weight excluding hydrogens is 331 g/mol. The minimum absolute atomic E-state index is 0.328. The Morgan fingerprint density at radius 2 is 1.68 bits per heavy atom. The standard InChI is InChI=1S/C19H29BN2O2S/c1-18(2)19(3,4)24-20(23-18)16(14-25)13-15-5-7-17(8-6-15)22-11-9-21-10-12-22/h5-8,13,21,25H,9-12,14H2,1-4H3. The van der Waals surface area contributed by atoms with Gasteiger partial charge in [-0.25, -0.2) is 0 Å². The first kappa shape index (κ1) is 18.8. The summed E-state index contributed by atoms with van der Waals surface area (Å²) in [5, 5.41) is 3.39. The average molecular weight is 360 g/mol. The number of hydrogen-bond acceptors (Lipinski definition) is 5. The smallest absolute Gasteiger partial charge is 0.400 e. The summed E-state index contributed by atoms with van der Waals surface area (Å²) in [6.45, 7) is 12.5. The SMILES string of the molecule is CC1(C)OB(C(=Cc2ccc(N3CCNCC3)cc2)CS)OC1(C)C. The highest BCUT2D eigenvalue weighted by molar-refractivity contribution is 7.80. The first-order chi connectivity index (χ1) is 11.8. The van der Waals surface area contributed by atoms with Gasteiger partial charge in [-0.15, -0.1) is 0 Å². The van der Waals surface area contributed by atoms with Crippen molar-refractivity contribution in [3.05, 3.63) is 35.3 Å². The molecule has 25 heavy (non-hydrogen) atoms. The van der Waals surface area contributed by atoms with Crippen molar-refractivity contribution in [3.8, 4) is 0 Å². The molecule has 0 radical (unpaired) electrons. The van der Waals surface area contributed by atoms with Crippen molar-refractivity contribution in [1.82, 2.24) is 5.32 Å². The Balaban J connectivity index is 1.74. The molecule has 2 heterocycles. The Labute approximate surface area is 157 Å². The fourth-order valence-corrected chi connectivity index (χ4v) is 3.34. The van der Waals surface area contributed by atoms with E-state index < -0.39 is 0 Å². The Morgan fingerprint density at radius 3 is 2.20 bits per heavy atom. The molecule has 2 aliphatic rings. The third kappa shape index (κ3) is 4.08. The zero-order chi connectivity index (χ0) is 18.1. The van der Waals surface area contributed by atoms with E-state index in [2.05, 4.69) is 80.9 Å². The maximum atomic E-state index is 6.15. The van der Waals surface area contributed by atoms with E-state index in [9.17, 15) is 0 Å². The third-order valence-electron chi connectivity index (χ3n) is 5.47. The highest BCUT2D eigenvalue weighted by Crippen LogP contribution is 2.39. The number of thiol groups is 1. The number of nitrogens with one attached hydrogen (secondary N) is 1. The number of nitrogens with zero attached hydrogens (tertiary/aromatic N) is 1. The van der Waals surface area contributed by atoms with Crippen LogP contribution in [0.5, 0.6) is 0 Å². The van der Waals surface area contributed by atoms with Gasteiger partial charge in [0.1, 0.15) is 0 Å². The quantitative estimate of drug-likeness (QED) is 0.639. The van der Waals surface area contributed by atoms with Gasteiger partial charge < -0.3 is 19.5 Å². The average Bonchev–Trinajstić information content (AvgIpc) is 2.81. The number of hydrogen-bond donors (Lipinski definition) is 2. The molecule has 3 rings (SSSR count). The van der Waals surface area contributed by atoms with Crippen molar-refractivity contribution in [2.75, 3.05) is 36.8 Å². The molecule has 4 nitrogen and oxygen atoms in total. The Morgan fingerprint density at radius 1 is 1.12 bits per heavy atom. The van der Waals surface area contributed by atoms with E-state index in [-0.39, 0.29) is 18.3 Å². The molecule has 0 aliphatic carbocycles. The van der Waals surface area contributed by atoms with Gasteiger partial charge in [-0.3, -0.25) is 0 Å². The van der Waals surface area contributed by atoms with E-state index in [4.69, 9.17) is 9.31 Å². The van der Waals surface area contributed by atoms with Gasteiger partial charge in [0.2, 0.25) is 0 Å². The van der Waals surface area contributed by atoms with Crippen LogP contribution in [0.4, 0.5) is 5.69 Å². The van der Waals surface area contributed by atoms with Gasteiger partial charge in [-0.05, 0) is 50.9 Å². The van der Waals surface area contributed by atoms with Crippen LogP contribution in [0.15, 0.2) is 29.7 Å². The predicted molar refractivity (Wildman–Crippen MR) is 109 cm³/mol. The normalized spacial score (nSPS) is 23.2. The van der Waals surface area contributed by atoms with E-state index >= 15 is 0 Å². The van der Waals surface area contributed by atoms with Gasteiger partial charge in [-0.2, -0.15) is 12.6 Å². The summed E-state index contributed by atoms with van der Waals surface area (Å²) in [7, 11) is -0.338. The molecule has 2 aliphatic heterocycles. The maximum Gasteiger partial charge on any atom is 0.491 e. The van der Waals surface area contributed by atoms with E-state index in [1.54, 1.807) is 0 Å². The second-order valence-corrected chi connectivity index (χ2v) is 8.11. The van der Waals surface area contributed by atoms with Crippen LogP contribution in [0.25, 0.3) is 6.08 Å². The van der Waals surface area contributed by atoms with Crippen molar-refractivity contribution in [2.45, 2.75) is 38.9 Å². The monoisotopic (exact) mass is 360 g/mol. The van der Waals surface area contributed by atoms with Gasteiger partial charge in [0, 0.05) is 37.6 Å². The Bertz CT molecular complexity index is 609. The molecule has 2 saturated heterocycles. The summed E-state index contributed by atoms with van der Waals surface area (Å²) >= 11 is 4.49. The number of anilines is 1. The topological polar surface area (TPSA) is 33.7 Å². The minimum atomic E-state index is -0.338. The van der Waals surface area contributed by atoms with Crippen LogP contribution in [0.1, 0.15) is 33.3 Å². The van der Waals surface area contributed by atoms with Crippen LogP contribution in [0.3, 0.4) is 0 Å². The minimum Gasteiger partial charge on any atom is -0.400 e. The molecular formula is C19H29BN2O2S. The fourth-order valence-electron chi connectivity index (χ4n) is 3.10. The first-order valence-electron chi connectivity index (χ1n) is 9.05. The number of rotatable bonds is 4. The second kappa shape index (κ2) is 7.35. The van der Waals surface area contributed by atoms with Crippen molar-refractivity contribution >= 4 is 31.5 Å². The molecule has 0 saturated carbocycles. The molecule has 0 atom stereocenters. The molecule has 1 aromatic carbocycles. The predicted octanol–water partition coefficient (Wildman–Crippen LogP) is 3.04. The van der Waals surface area contributed by atoms with Gasteiger partial charge in [0.05, 0.1) is 11.2 Å². The van der Waals surface area contributed by atoms with Crippen molar-refractivity contribution in [3.63, 3.8) is 0 Å². The van der Waals surface area contributed by atoms with Gasteiger partial charge in [0.15, 0.2) is 0 Å². The molecule has 6 heteroatoms. The van der Waals surface area contributed by atoms with E-state index in [1.165, 1.54) is 5.69 Å². The first-order valence-corrected chi connectivity index (χ1v) is 9.68. The molecule has 0 unspecified atom stereocenters. The van der Waals surface area contributed by atoms with Gasteiger partial charge >= 0.3 is 7.12 Å². The zero-order valence-electron chi connectivity index (χ0n) is 15.7. The Hall–Kier alpha value is -0.945. The van der Waals surface area contributed by atoms with E-state index in [1.807, 2.05) is 0 Å². The summed E-state index contributed by atoms with van der Waals surface area (Å²) in [6, 6.07) is 8.70. The van der Waals surface area contributed by atoms with Crippen LogP contribution in [-0.2, 0) is 9.31 Å². The van der Waals surface area contributed by atoms with Crippen LogP contribution in [0.2, 0.25) is 0 Å². The summed E-state index contributed by atoms with van der Waals surface area (Å²) in [5.74, 6) is 0.608. The van der Waals surface area contributed by atoms with Crippen LogP contribution in [-0.4, -0.2) is 50.3 Å². The summed E-state index contributed by atoms with van der Waals surface area (Å²) in [6.07, 6.45) is 2.14. The molecule has 2 fully saturated rings. The summed E-state index contributed by atoms with van der Waals surface area (Å²) in [5.41, 5.74) is 2.83. The Kier molecular flexibility index (Phi) is 5.54. The highest BCUT2D eigenvalue weighted by Gasteiger charge is 2.52. The highest BCUT2D eigenvalue weighted by atomic mass is 32.1. The van der Waals surface area contributed by atoms with Crippen LogP contribution in [0, 0.1) is 0 Å². The molecule has 136 valence electrons. The molecule has 1 N–H and O–H groups in total. The van der Waals surface area contributed by atoms with Crippen LogP contribution < -0.4 is 10.2 Å². The van der Waals surface area contributed by atoms with Crippen LogP contribution >= 0.6 is 12.6 Å². The summed E-state index contributed by atoms with van der Waals surface area (Å²) < 4.78 is 12.3. The molecule has 0 amide bonds. The maximum absolute atomic E-state index is 6.15. The third-order valence-corrected chi connectivity index (χ3v) is 5.83. The second-order valence-electron chi connectivity index (χ2n) is 7.79. The molecule has 0 aromatic heterocycles. The van der Waals surface area contributed by atoms with Crippen molar-refractivity contribution in [1.29, 1.82) is 0 Å².